The van der Waals surface area contributed by atoms with Gasteiger partial charge >= 0.3 is 0 Å². The number of nitrogen functional groups attached to an aromatic ring is 1. The van der Waals surface area contributed by atoms with Gasteiger partial charge in [-0.2, -0.15) is 5.26 Å². The molecule has 1 heterocycles. The number of nitrogens with one attached hydrogen (secondary N) is 1. The Morgan fingerprint density at radius 3 is 1.73 bits per heavy atom. The minimum Gasteiger partial charge on any atom is -0.493 e. The molecule has 0 aliphatic rings. The number of nitrogens with zero attached hydrogens (tertiary/aromatic N) is 2. The monoisotopic (exact) mass is 650 g/mol. The van der Waals surface area contributed by atoms with Crippen molar-refractivity contribution < 1.29 is 23.9 Å². The molecule has 0 fully saturated rings. The molecular formula is C31H27ClN4O6S2. The van der Waals surface area contributed by atoms with Crippen LogP contribution >= 0.6 is 35.1 Å². The van der Waals surface area contributed by atoms with E-state index in [1.807, 2.05) is 48.5 Å². The Kier molecular flexibility index (Phi) is 10.7. The van der Waals surface area contributed by atoms with E-state index in [-0.39, 0.29) is 10.7 Å². The lowest BCUT2D eigenvalue weighted by Crippen LogP contribution is -1.90. The van der Waals surface area contributed by atoms with Crippen molar-refractivity contribution in [1.29, 1.82) is 5.26 Å². The molecular weight excluding hydrogens is 624 g/mol. The molecule has 3 N–H and O–H groups in total. The molecule has 13 heteroatoms. The Morgan fingerprint density at radius 2 is 1.25 bits per heavy atom. The van der Waals surface area contributed by atoms with Gasteiger partial charge in [0.2, 0.25) is 0 Å². The van der Waals surface area contributed by atoms with Crippen LogP contribution in [0.1, 0.15) is 5.56 Å². The zero-order chi connectivity index (χ0) is 31.8. The van der Waals surface area contributed by atoms with E-state index in [4.69, 9.17) is 36.3 Å². The van der Waals surface area contributed by atoms with E-state index < -0.39 is 4.92 Å². The van der Waals surface area contributed by atoms with Gasteiger partial charge in [0.1, 0.15) is 22.5 Å². The van der Waals surface area contributed by atoms with Crippen LogP contribution in [0.25, 0.3) is 10.9 Å². The number of nitriles is 1. The predicted octanol–water partition coefficient (Wildman–Crippen LogP) is 8.21. The van der Waals surface area contributed by atoms with Gasteiger partial charge in [-0.1, -0.05) is 35.1 Å². The van der Waals surface area contributed by atoms with Gasteiger partial charge in [0.05, 0.1) is 33.4 Å². The topological polar surface area (TPSA) is 146 Å². The number of methoxy groups -OCH3 is 4. The van der Waals surface area contributed by atoms with Crippen LogP contribution in [0, 0.1) is 21.4 Å². The first-order valence-electron chi connectivity index (χ1n) is 12.8. The van der Waals surface area contributed by atoms with E-state index in [0.717, 1.165) is 30.5 Å². The lowest BCUT2D eigenvalue weighted by atomic mass is 10.2. The third kappa shape index (κ3) is 7.44. The first-order chi connectivity index (χ1) is 21.2. The van der Waals surface area contributed by atoms with Crippen molar-refractivity contribution in [1.82, 2.24) is 4.98 Å². The number of halogens is 1. The number of benzene rings is 4. The number of hydrogen-bond donors (Lipinski definition) is 2. The molecule has 0 spiro atoms. The van der Waals surface area contributed by atoms with Gasteiger partial charge in [0.15, 0.2) is 23.0 Å². The summed E-state index contributed by atoms with van der Waals surface area (Å²) in [5.74, 6) is 3.04. The van der Waals surface area contributed by atoms with Gasteiger partial charge in [-0.15, -0.1) is 0 Å². The summed E-state index contributed by atoms with van der Waals surface area (Å²) in [6, 6.07) is 23.9. The van der Waals surface area contributed by atoms with Gasteiger partial charge in [0.25, 0.3) is 5.69 Å². The van der Waals surface area contributed by atoms with Crippen LogP contribution in [0.2, 0.25) is 5.02 Å². The minimum absolute atomic E-state index is 0.103. The van der Waals surface area contributed by atoms with Crippen molar-refractivity contribution in [2.45, 2.75) is 19.6 Å². The van der Waals surface area contributed by atoms with Crippen LogP contribution in [0.5, 0.6) is 23.0 Å². The maximum Gasteiger partial charge on any atom is 0.287 e. The fraction of sp³-hybridized carbons (Fsp3) is 0.129. The van der Waals surface area contributed by atoms with E-state index in [9.17, 15) is 15.4 Å². The minimum atomic E-state index is -0.507. The maximum absolute atomic E-state index is 10.7. The Morgan fingerprint density at radius 1 is 0.773 bits per heavy atom. The number of H-pyrrole nitrogens is 1. The normalized spacial score (nSPS) is 10.4. The molecule has 0 atom stereocenters. The number of aromatic amines is 1. The molecule has 0 bridgehead atoms. The summed E-state index contributed by atoms with van der Waals surface area (Å²) in [5, 5.41) is 20.9. The number of nitrogens with two attached hydrogens (primary N) is 1. The van der Waals surface area contributed by atoms with Gasteiger partial charge < -0.3 is 29.7 Å². The summed E-state index contributed by atoms with van der Waals surface area (Å²) in [5.41, 5.74) is 7.06. The quantitative estimate of drug-likeness (QED) is 0.118. The number of aromatic nitrogens is 1. The number of nitro groups is 1. The van der Waals surface area contributed by atoms with Gasteiger partial charge in [-0.05, 0) is 66.7 Å². The number of ether oxygens (including phenoxy) is 4. The van der Waals surface area contributed by atoms with E-state index in [1.54, 1.807) is 58.4 Å². The molecule has 0 saturated carbocycles. The Labute approximate surface area is 267 Å². The smallest absolute Gasteiger partial charge is 0.287 e. The molecule has 4 aromatic carbocycles. The third-order valence-corrected chi connectivity index (χ3v) is 8.47. The molecule has 1 aromatic heterocycles. The molecule has 0 unspecified atom stereocenters. The second-order valence-corrected chi connectivity index (χ2v) is 11.5. The Balaban J connectivity index is 0.000000202. The van der Waals surface area contributed by atoms with Gasteiger partial charge in [-0.25, -0.2) is 0 Å². The average molecular weight is 651 g/mol. The summed E-state index contributed by atoms with van der Waals surface area (Å²) >= 11 is 8.91. The molecule has 0 amide bonds. The summed E-state index contributed by atoms with van der Waals surface area (Å²) in [4.78, 5) is 17.0. The fourth-order valence-electron chi connectivity index (χ4n) is 4.11. The van der Waals surface area contributed by atoms with E-state index in [2.05, 4.69) is 11.1 Å². The highest BCUT2D eigenvalue weighted by molar-refractivity contribution is 7.99. The number of nitro benzene ring substituents is 1. The van der Waals surface area contributed by atoms with E-state index in [0.29, 0.717) is 34.4 Å². The van der Waals surface area contributed by atoms with Crippen molar-refractivity contribution in [3.63, 3.8) is 0 Å². The van der Waals surface area contributed by atoms with Gasteiger partial charge in [-0.3, -0.25) is 10.1 Å². The lowest BCUT2D eigenvalue weighted by molar-refractivity contribution is -0.384. The van der Waals surface area contributed by atoms with Crippen molar-refractivity contribution in [3.8, 4) is 29.1 Å². The molecule has 44 heavy (non-hydrogen) atoms. The summed E-state index contributed by atoms with van der Waals surface area (Å²) in [6.07, 6.45) is 0. The van der Waals surface area contributed by atoms with Crippen LogP contribution in [0.4, 0.5) is 11.5 Å². The third-order valence-electron chi connectivity index (χ3n) is 6.21. The number of rotatable bonds is 9. The Hall–Kier alpha value is -4.70. The SMILES string of the molecule is COc1ccc(Sc2ccc([N+](=O)[O-])c(Cl)c2)cc1OC.COc1ccc(Sc2ccc3[nH]c(N)c(C#N)c3c2)cc1OC. The highest BCUT2D eigenvalue weighted by Gasteiger charge is 2.14. The first kappa shape index (κ1) is 32.2. The van der Waals surface area contributed by atoms with E-state index >= 15 is 0 Å². The van der Waals surface area contributed by atoms with E-state index in [1.165, 1.54) is 17.8 Å². The standard InChI is InChI=1S/C17H15N3O2S.C14H12ClNO4S/c1-21-15-6-4-11(8-16(15)22-2)23-10-3-5-14-12(7-10)13(9-18)17(19)20-14;1-19-13-6-4-10(8-14(13)20-2)21-9-3-5-12(16(17)18)11(15)7-9/h3-8,20H,19H2,1-2H3;3-8H,1-2H3. The molecule has 10 nitrogen and oxygen atoms in total. The molecule has 0 radical (unpaired) electrons. The van der Waals surface area contributed by atoms with Crippen molar-refractivity contribution >= 4 is 57.5 Å². The van der Waals surface area contributed by atoms with Gasteiger partial charge in [0, 0.05) is 36.6 Å². The van der Waals surface area contributed by atoms with Crippen LogP contribution in [-0.4, -0.2) is 38.3 Å². The second kappa shape index (κ2) is 14.7. The molecule has 226 valence electrons. The van der Waals surface area contributed by atoms with Crippen molar-refractivity contribution in [3.05, 3.63) is 93.5 Å². The highest BCUT2D eigenvalue weighted by atomic mass is 35.5. The van der Waals surface area contributed by atoms with Crippen LogP contribution in [0.3, 0.4) is 0 Å². The zero-order valence-electron chi connectivity index (χ0n) is 24.0. The first-order valence-corrected chi connectivity index (χ1v) is 14.8. The average Bonchev–Trinajstić information content (AvgIpc) is 3.35. The summed E-state index contributed by atoms with van der Waals surface area (Å²) in [6.45, 7) is 0. The molecule has 0 aliphatic carbocycles. The number of fused-ring (bicyclic) bond motifs is 1. The second-order valence-electron chi connectivity index (χ2n) is 8.84. The fourth-order valence-corrected chi connectivity index (χ4v) is 6.20. The number of hydrogen-bond acceptors (Lipinski definition) is 10. The molecule has 5 rings (SSSR count). The van der Waals surface area contributed by atoms with Crippen LogP contribution in [0.15, 0.2) is 92.4 Å². The van der Waals surface area contributed by atoms with Crippen LogP contribution in [-0.2, 0) is 0 Å². The lowest BCUT2D eigenvalue weighted by Gasteiger charge is -2.09. The van der Waals surface area contributed by atoms with Crippen LogP contribution < -0.4 is 24.7 Å². The predicted molar refractivity (Wildman–Crippen MR) is 173 cm³/mol. The zero-order valence-corrected chi connectivity index (χ0v) is 26.4. The summed E-state index contributed by atoms with van der Waals surface area (Å²) < 4.78 is 21.0. The molecule has 0 aliphatic heterocycles. The molecule has 5 aromatic rings. The Bertz CT molecular complexity index is 1860. The maximum atomic E-state index is 10.7. The number of anilines is 1. The van der Waals surface area contributed by atoms with Crippen molar-refractivity contribution in [2.75, 3.05) is 34.2 Å². The van der Waals surface area contributed by atoms with Crippen molar-refractivity contribution in [2.24, 2.45) is 0 Å². The highest BCUT2D eigenvalue weighted by Crippen LogP contribution is 2.38. The largest absolute Gasteiger partial charge is 0.493 e. The molecule has 0 saturated heterocycles. The summed E-state index contributed by atoms with van der Waals surface area (Å²) in [7, 11) is 6.36.